The van der Waals surface area contributed by atoms with Gasteiger partial charge in [0.2, 0.25) is 17.6 Å². The molecule has 0 spiro atoms. The Morgan fingerprint density at radius 1 is 1.10 bits per heavy atom. The highest BCUT2D eigenvalue weighted by Gasteiger charge is 2.23. The van der Waals surface area contributed by atoms with Gasteiger partial charge in [-0.25, -0.2) is 0 Å². The number of benzene rings is 2. The minimum Gasteiger partial charge on any atom is -0.493 e. The zero-order chi connectivity index (χ0) is 20.9. The quantitative estimate of drug-likeness (QED) is 0.616. The molecule has 1 aliphatic carbocycles. The molecule has 1 heterocycles. The molecule has 156 valence electrons. The summed E-state index contributed by atoms with van der Waals surface area (Å²) in [7, 11) is 3.15. The van der Waals surface area contributed by atoms with Gasteiger partial charge in [-0.05, 0) is 42.7 Å². The van der Waals surface area contributed by atoms with Gasteiger partial charge in [0.15, 0.2) is 11.5 Å². The molecule has 1 fully saturated rings. The Morgan fingerprint density at radius 3 is 2.67 bits per heavy atom. The highest BCUT2D eigenvalue weighted by atomic mass is 16.5. The molecule has 0 saturated heterocycles. The highest BCUT2D eigenvalue weighted by Crippen LogP contribution is 2.34. The van der Waals surface area contributed by atoms with E-state index in [4.69, 9.17) is 14.0 Å². The third-order valence-corrected chi connectivity index (χ3v) is 5.36. The van der Waals surface area contributed by atoms with Gasteiger partial charge in [0.1, 0.15) is 0 Å². The number of hydrogen-bond acceptors (Lipinski definition) is 6. The van der Waals surface area contributed by atoms with Crippen LogP contribution >= 0.6 is 0 Å². The maximum Gasteiger partial charge on any atom is 0.230 e. The van der Waals surface area contributed by atoms with Crippen LogP contribution in [-0.4, -0.2) is 30.3 Å². The summed E-state index contributed by atoms with van der Waals surface area (Å²) in [5.74, 6) is 2.74. The summed E-state index contributed by atoms with van der Waals surface area (Å²) in [4.78, 5) is 17.1. The summed E-state index contributed by atoms with van der Waals surface area (Å²) >= 11 is 0. The predicted octanol–water partition coefficient (Wildman–Crippen LogP) is 4.59. The molecule has 4 rings (SSSR count). The van der Waals surface area contributed by atoms with Crippen LogP contribution in [0.1, 0.15) is 43.1 Å². The maximum atomic E-state index is 12.5. The molecule has 30 heavy (non-hydrogen) atoms. The van der Waals surface area contributed by atoms with Crippen LogP contribution in [0.4, 0.5) is 5.69 Å². The van der Waals surface area contributed by atoms with Crippen LogP contribution in [0.25, 0.3) is 11.4 Å². The van der Waals surface area contributed by atoms with E-state index < -0.39 is 0 Å². The molecule has 1 aliphatic rings. The Morgan fingerprint density at radius 2 is 1.90 bits per heavy atom. The molecule has 0 aliphatic heterocycles. The molecule has 0 unspecified atom stereocenters. The summed E-state index contributed by atoms with van der Waals surface area (Å²) in [6.45, 7) is 0. The van der Waals surface area contributed by atoms with Gasteiger partial charge in [-0.2, -0.15) is 4.98 Å². The van der Waals surface area contributed by atoms with Crippen LogP contribution in [0.3, 0.4) is 0 Å². The number of aromatic nitrogens is 2. The van der Waals surface area contributed by atoms with Gasteiger partial charge in [0.25, 0.3) is 0 Å². The second-order valence-corrected chi connectivity index (χ2v) is 7.43. The molecule has 1 saturated carbocycles. The molecule has 1 aromatic heterocycles. The molecule has 7 heteroatoms. The molecule has 3 aromatic rings. The van der Waals surface area contributed by atoms with Crippen molar-refractivity contribution >= 4 is 11.6 Å². The number of hydrogen-bond donors (Lipinski definition) is 1. The Bertz CT molecular complexity index is 1020. The molecule has 2 aromatic carbocycles. The van der Waals surface area contributed by atoms with E-state index >= 15 is 0 Å². The zero-order valence-electron chi connectivity index (χ0n) is 17.2. The minimum absolute atomic E-state index is 0.126. The second kappa shape index (κ2) is 8.98. The topological polar surface area (TPSA) is 86.5 Å². The molecule has 1 amide bonds. The van der Waals surface area contributed by atoms with Crippen molar-refractivity contribution in [3.8, 4) is 22.9 Å². The average Bonchev–Trinajstić information content (AvgIpc) is 3.45. The van der Waals surface area contributed by atoms with Gasteiger partial charge in [0.05, 0.1) is 20.6 Å². The zero-order valence-corrected chi connectivity index (χ0v) is 17.2. The van der Waals surface area contributed by atoms with E-state index in [0.717, 1.165) is 24.0 Å². The van der Waals surface area contributed by atoms with Gasteiger partial charge < -0.3 is 19.3 Å². The molecule has 0 radical (unpaired) electrons. The fourth-order valence-corrected chi connectivity index (χ4v) is 3.81. The van der Waals surface area contributed by atoms with Gasteiger partial charge in [-0.3, -0.25) is 4.79 Å². The Labute approximate surface area is 175 Å². The molecule has 1 N–H and O–H groups in total. The fraction of sp³-hybridized carbons (Fsp3) is 0.348. The number of amides is 1. The van der Waals surface area contributed by atoms with E-state index in [9.17, 15) is 4.79 Å². The van der Waals surface area contributed by atoms with Crippen molar-refractivity contribution in [2.45, 2.75) is 38.0 Å². The molecule has 0 bridgehead atoms. The highest BCUT2D eigenvalue weighted by molar-refractivity contribution is 5.92. The average molecular weight is 407 g/mol. The van der Waals surface area contributed by atoms with Gasteiger partial charge in [-0.1, -0.05) is 36.2 Å². The standard InChI is InChI=1S/C23H25N3O4/c1-28-19-11-10-15(12-20(19)29-2)13-21(27)24-18-9-5-8-17(14-18)22-25-23(30-26-22)16-6-3-4-7-16/h5,8-12,14,16H,3-4,6-7,13H2,1-2H3,(H,24,27). The van der Waals surface area contributed by atoms with E-state index in [2.05, 4.69) is 15.5 Å². The van der Waals surface area contributed by atoms with Crippen molar-refractivity contribution in [3.63, 3.8) is 0 Å². The molecule has 0 atom stereocenters. The summed E-state index contributed by atoms with van der Waals surface area (Å²) in [5.41, 5.74) is 2.33. The lowest BCUT2D eigenvalue weighted by Crippen LogP contribution is -2.14. The monoisotopic (exact) mass is 407 g/mol. The predicted molar refractivity (Wildman–Crippen MR) is 113 cm³/mol. The number of carbonyl (C=O) groups excluding carboxylic acids is 1. The largest absolute Gasteiger partial charge is 0.493 e. The van der Waals surface area contributed by atoms with Crippen LogP contribution in [0, 0.1) is 0 Å². The number of rotatable bonds is 7. The van der Waals surface area contributed by atoms with Gasteiger partial charge in [-0.15, -0.1) is 0 Å². The normalized spacial score (nSPS) is 13.9. The lowest BCUT2D eigenvalue weighted by Gasteiger charge is -2.10. The number of methoxy groups -OCH3 is 2. The summed E-state index contributed by atoms with van der Waals surface area (Å²) in [6, 6.07) is 12.9. The number of nitrogens with one attached hydrogen (secondary N) is 1. The Balaban J connectivity index is 1.43. The van der Waals surface area contributed by atoms with Crippen LogP contribution in [0.5, 0.6) is 11.5 Å². The Hall–Kier alpha value is -3.35. The number of nitrogens with zero attached hydrogens (tertiary/aromatic N) is 2. The first-order valence-electron chi connectivity index (χ1n) is 10.1. The van der Waals surface area contributed by atoms with E-state index in [1.165, 1.54) is 12.8 Å². The lowest BCUT2D eigenvalue weighted by atomic mass is 10.1. The van der Waals surface area contributed by atoms with Gasteiger partial charge in [0, 0.05) is 17.2 Å². The van der Waals surface area contributed by atoms with Crippen molar-refractivity contribution in [1.82, 2.24) is 10.1 Å². The first-order chi connectivity index (χ1) is 14.7. The maximum absolute atomic E-state index is 12.5. The first-order valence-corrected chi connectivity index (χ1v) is 10.1. The van der Waals surface area contributed by atoms with Crippen molar-refractivity contribution in [2.24, 2.45) is 0 Å². The number of anilines is 1. The smallest absolute Gasteiger partial charge is 0.230 e. The van der Waals surface area contributed by atoms with Crippen molar-refractivity contribution < 1.29 is 18.8 Å². The minimum atomic E-state index is -0.126. The molecule has 7 nitrogen and oxygen atoms in total. The van der Waals surface area contributed by atoms with E-state index in [0.29, 0.717) is 34.8 Å². The van der Waals surface area contributed by atoms with Crippen LogP contribution in [-0.2, 0) is 11.2 Å². The van der Waals surface area contributed by atoms with E-state index in [1.54, 1.807) is 26.4 Å². The van der Waals surface area contributed by atoms with E-state index in [1.807, 2.05) is 30.3 Å². The van der Waals surface area contributed by atoms with Crippen molar-refractivity contribution in [3.05, 3.63) is 53.9 Å². The third-order valence-electron chi connectivity index (χ3n) is 5.36. The summed E-state index contributed by atoms with van der Waals surface area (Å²) in [5, 5.41) is 7.06. The summed E-state index contributed by atoms with van der Waals surface area (Å²) < 4.78 is 16.0. The SMILES string of the molecule is COc1ccc(CC(=O)Nc2cccc(-c3noc(C4CCCC4)n3)c2)cc1OC. The molecular formula is C23H25N3O4. The molecular weight excluding hydrogens is 382 g/mol. The van der Waals surface area contributed by atoms with Crippen LogP contribution in [0.15, 0.2) is 47.0 Å². The summed E-state index contributed by atoms with van der Waals surface area (Å²) in [6.07, 6.45) is 4.86. The van der Waals surface area contributed by atoms with Crippen molar-refractivity contribution in [2.75, 3.05) is 19.5 Å². The Kier molecular flexibility index (Phi) is 5.97. The number of ether oxygens (including phenoxy) is 2. The fourth-order valence-electron chi connectivity index (χ4n) is 3.81. The lowest BCUT2D eigenvalue weighted by molar-refractivity contribution is -0.115. The van der Waals surface area contributed by atoms with Gasteiger partial charge >= 0.3 is 0 Å². The van der Waals surface area contributed by atoms with E-state index in [-0.39, 0.29) is 12.3 Å². The van der Waals surface area contributed by atoms with Crippen LogP contribution < -0.4 is 14.8 Å². The second-order valence-electron chi connectivity index (χ2n) is 7.43. The number of carbonyl (C=O) groups is 1. The third kappa shape index (κ3) is 4.45. The van der Waals surface area contributed by atoms with Crippen molar-refractivity contribution in [1.29, 1.82) is 0 Å². The van der Waals surface area contributed by atoms with Crippen LogP contribution in [0.2, 0.25) is 0 Å². The first kappa shape index (κ1) is 19.9.